The van der Waals surface area contributed by atoms with Gasteiger partial charge in [-0.05, 0) is 36.2 Å². The fraction of sp³-hybridized carbons (Fsp3) is 0.529. The molecule has 6 nitrogen and oxygen atoms in total. The third-order valence-corrected chi connectivity index (χ3v) is 4.40. The van der Waals surface area contributed by atoms with Gasteiger partial charge in [-0.1, -0.05) is 37.3 Å². The molecule has 1 fully saturated rings. The van der Waals surface area contributed by atoms with Crippen LogP contribution in [0.3, 0.4) is 0 Å². The highest BCUT2D eigenvalue weighted by molar-refractivity contribution is 5.96. The number of hydrogen-bond acceptors (Lipinski definition) is 5. The van der Waals surface area contributed by atoms with Crippen molar-refractivity contribution >= 4 is 5.78 Å². The van der Waals surface area contributed by atoms with Crippen LogP contribution in [-0.2, 0) is 13.1 Å². The minimum atomic E-state index is 0.218. The van der Waals surface area contributed by atoms with E-state index in [0.29, 0.717) is 6.42 Å². The van der Waals surface area contributed by atoms with Gasteiger partial charge in [0.2, 0.25) is 0 Å². The van der Waals surface area contributed by atoms with Gasteiger partial charge in [0.1, 0.15) is 0 Å². The lowest BCUT2D eigenvalue weighted by atomic mass is 10.0. The number of carbonyl (C=O) groups is 1. The third-order valence-electron chi connectivity index (χ3n) is 4.40. The van der Waals surface area contributed by atoms with Crippen LogP contribution in [-0.4, -0.2) is 43.5 Å². The number of likely N-dealkylation sites (tertiary alicyclic amines) is 1. The Balaban J connectivity index is 1.64. The SMILES string of the molecule is CCCn1nnnc1CN1CCC[C@@H]1CC(=O)c1ccccc1. The van der Waals surface area contributed by atoms with Crippen LogP contribution < -0.4 is 0 Å². The van der Waals surface area contributed by atoms with Crippen LogP contribution in [0.2, 0.25) is 0 Å². The molecule has 1 aromatic heterocycles. The van der Waals surface area contributed by atoms with Crippen molar-refractivity contribution in [2.24, 2.45) is 0 Å². The van der Waals surface area contributed by atoms with E-state index in [0.717, 1.165) is 50.3 Å². The van der Waals surface area contributed by atoms with E-state index in [4.69, 9.17) is 0 Å². The summed E-state index contributed by atoms with van der Waals surface area (Å²) in [5, 5.41) is 12.0. The molecule has 23 heavy (non-hydrogen) atoms. The zero-order valence-corrected chi connectivity index (χ0v) is 13.6. The number of hydrogen-bond donors (Lipinski definition) is 0. The molecule has 1 aromatic carbocycles. The summed E-state index contributed by atoms with van der Waals surface area (Å²) >= 11 is 0. The lowest BCUT2D eigenvalue weighted by molar-refractivity contribution is 0.0936. The highest BCUT2D eigenvalue weighted by Gasteiger charge is 2.28. The number of tetrazole rings is 1. The Morgan fingerprint density at radius 1 is 1.30 bits per heavy atom. The second-order valence-corrected chi connectivity index (χ2v) is 6.08. The largest absolute Gasteiger partial charge is 0.294 e. The maximum atomic E-state index is 12.4. The van der Waals surface area contributed by atoms with E-state index in [1.807, 2.05) is 35.0 Å². The summed E-state index contributed by atoms with van der Waals surface area (Å²) in [4.78, 5) is 14.8. The molecule has 0 saturated carbocycles. The molecule has 0 aliphatic carbocycles. The van der Waals surface area contributed by atoms with Crippen LogP contribution in [0.25, 0.3) is 0 Å². The molecular formula is C17H23N5O. The molecule has 1 aliphatic rings. The molecule has 6 heteroatoms. The van der Waals surface area contributed by atoms with E-state index in [1.165, 1.54) is 0 Å². The van der Waals surface area contributed by atoms with Crippen molar-refractivity contribution < 1.29 is 4.79 Å². The number of Topliss-reactive ketones (excluding diaryl/α,β-unsaturated/α-hetero) is 1. The zero-order chi connectivity index (χ0) is 16.1. The van der Waals surface area contributed by atoms with Crippen LogP contribution in [0, 0.1) is 0 Å². The van der Waals surface area contributed by atoms with Crippen molar-refractivity contribution in [3.63, 3.8) is 0 Å². The van der Waals surface area contributed by atoms with Crippen molar-refractivity contribution in [1.82, 2.24) is 25.1 Å². The Bertz CT molecular complexity index is 639. The van der Waals surface area contributed by atoms with E-state index < -0.39 is 0 Å². The third kappa shape index (κ3) is 3.82. The molecule has 0 unspecified atom stereocenters. The minimum absolute atomic E-state index is 0.218. The molecule has 0 N–H and O–H groups in total. The molecule has 122 valence electrons. The highest BCUT2D eigenvalue weighted by atomic mass is 16.1. The van der Waals surface area contributed by atoms with Crippen molar-refractivity contribution in [1.29, 1.82) is 0 Å². The number of carbonyl (C=O) groups excluding carboxylic acids is 1. The first-order chi connectivity index (χ1) is 11.3. The van der Waals surface area contributed by atoms with Gasteiger partial charge < -0.3 is 0 Å². The van der Waals surface area contributed by atoms with E-state index in [1.54, 1.807) is 0 Å². The predicted molar refractivity (Wildman–Crippen MR) is 86.9 cm³/mol. The maximum Gasteiger partial charge on any atom is 0.165 e. The van der Waals surface area contributed by atoms with Gasteiger partial charge in [-0.25, -0.2) is 4.68 Å². The van der Waals surface area contributed by atoms with Gasteiger partial charge in [-0.3, -0.25) is 9.69 Å². The Morgan fingerprint density at radius 2 is 2.13 bits per heavy atom. The maximum absolute atomic E-state index is 12.4. The molecular weight excluding hydrogens is 290 g/mol. The fourth-order valence-electron chi connectivity index (χ4n) is 3.19. The number of rotatable bonds is 7. The van der Waals surface area contributed by atoms with Gasteiger partial charge in [-0.2, -0.15) is 0 Å². The lowest BCUT2D eigenvalue weighted by Gasteiger charge is -2.23. The Morgan fingerprint density at radius 3 is 2.91 bits per heavy atom. The van der Waals surface area contributed by atoms with E-state index >= 15 is 0 Å². The Hall–Kier alpha value is -2.08. The summed E-state index contributed by atoms with van der Waals surface area (Å²) in [7, 11) is 0. The van der Waals surface area contributed by atoms with Gasteiger partial charge >= 0.3 is 0 Å². The molecule has 3 rings (SSSR count). The number of aromatic nitrogens is 4. The number of ketones is 1. The number of nitrogens with zero attached hydrogens (tertiary/aromatic N) is 5. The van der Waals surface area contributed by atoms with Gasteiger partial charge in [0.25, 0.3) is 0 Å². The molecule has 0 spiro atoms. The molecule has 2 heterocycles. The monoisotopic (exact) mass is 313 g/mol. The highest BCUT2D eigenvalue weighted by Crippen LogP contribution is 2.23. The molecule has 1 aliphatic heterocycles. The topological polar surface area (TPSA) is 63.9 Å². The second kappa shape index (κ2) is 7.46. The van der Waals surface area contributed by atoms with Crippen molar-refractivity contribution in [2.75, 3.05) is 6.54 Å². The predicted octanol–water partition coefficient (Wildman–Crippen LogP) is 2.32. The van der Waals surface area contributed by atoms with Gasteiger partial charge in [0.15, 0.2) is 11.6 Å². The molecule has 0 radical (unpaired) electrons. The summed E-state index contributed by atoms with van der Waals surface area (Å²) < 4.78 is 1.87. The zero-order valence-electron chi connectivity index (χ0n) is 13.6. The first-order valence-electron chi connectivity index (χ1n) is 8.35. The van der Waals surface area contributed by atoms with Crippen molar-refractivity contribution in [3.8, 4) is 0 Å². The summed E-state index contributed by atoms with van der Waals surface area (Å²) in [6.07, 6.45) is 3.77. The van der Waals surface area contributed by atoms with Crippen LogP contribution in [0.1, 0.15) is 48.8 Å². The quantitative estimate of drug-likeness (QED) is 0.734. The molecule has 1 atom stereocenters. The van der Waals surface area contributed by atoms with Crippen LogP contribution in [0.4, 0.5) is 0 Å². The molecule has 1 saturated heterocycles. The summed E-state index contributed by atoms with van der Waals surface area (Å²) in [6, 6.07) is 9.84. The van der Waals surface area contributed by atoms with Gasteiger partial charge in [0, 0.05) is 24.6 Å². The average molecular weight is 313 g/mol. The fourth-order valence-corrected chi connectivity index (χ4v) is 3.19. The summed E-state index contributed by atoms with van der Waals surface area (Å²) in [6.45, 7) is 4.68. The van der Waals surface area contributed by atoms with Crippen molar-refractivity contribution in [2.45, 2.75) is 51.7 Å². The molecule has 0 bridgehead atoms. The number of aryl methyl sites for hydroxylation is 1. The van der Waals surface area contributed by atoms with Gasteiger partial charge in [-0.15, -0.1) is 5.10 Å². The van der Waals surface area contributed by atoms with Crippen LogP contribution >= 0.6 is 0 Å². The van der Waals surface area contributed by atoms with Crippen LogP contribution in [0.15, 0.2) is 30.3 Å². The van der Waals surface area contributed by atoms with E-state index in [2.05, 4.69) is 27.3 Å². The normalized spacial score (nSPS) is 18.4. The summed E-state index contributed by atoms with van der Waals surface area (Å²) in [5.74, 6) is 1.11. The average Bonchev–Trinajstić information content (AvgIpc) is 3.19. The van der Waals surface area contributed by atoms with Gasteiger partial charge in [0.05, 0.1) is 6.54 Å². The Labute approximate surface area is 136 Å². The minimum Gasteiger partial charge on any atom is -0.294 e. The Kier molecular flexibility index (Phi) is 5.12. The first-order valence-corrected chi connectivity index (χ1v) is 8.35. The number of benzene rings is 1. The van der Waals surface area contributed by atoms with E-state index in [9.17, 15) is 4.79 Å². The summed E-state index contributed by atoms with van der Waals surface area (Å²) in [5.41, 5.74) is 0.801. The lowest BCUT2D eigenvalue weighted by Crippen LogP contribution is -2.32. The molecule has 0 amide bonds. The molecule has 2 aromatic rings. The standard InChI is InChI=1S/C17H23N5O/c1-2-10-22-17(18-19-20-22)13-21-11-6-9-15(21)12-16(23)14-7-4-3-5-8-14/h3-5,7-8,15H,2,6,9-13H2,1H3/t15-/m1/s1. The first kappa shape index (κ1) is 15.8. The van der Waals surface area contributed by atoms with Crippen molar-refractivity contribution in [3.05, 3.63) is 41.7 Å². The van der Waals surface area contributed by atoms with E-state index in [-0.39, 0.29) is 11.8 Å². The van der Waals surface area contributed by atoms with Crippen LogP contribution in [0.5, 0.6) is 0 Å². The smallest absolute Gasteiger partial charge is 0.165 e. The second-order valence-electron chi connectivity index (χ2n) is 6.08.